The molecule has 1 amide bonds. The summed E-state index contributed by atoms with van der Waals surface area (Å²) >= 11 is 0. The van der Waals surface area contributed by atoms with Crippen molar-refractivity contribution in [2.45, 2.75) is 39.7 Å². The Morgan fingerprint density at radius 2 is 1.78 bits per heavy atom. The number of carbonyl (C=O) groups is 1. The van der Waals surface area contributed by atoms with Crippen molar-refractivity contribution < 1.29 is 14.3 Å². The quantitative estimate of drug-likeness (QED) is 0.702. The number of amides is 1. The minimum Gasteiger partial charge on any atom is -0.490 e. The van der Waals surface area contributed by atoms with Crippen LogP contribution in [0.3, 0.4) is 0 Å². The first-order valence-corrected chi connectivity index (χ1v) is 9.29. The smallest absolute Gasteiger partial charge is 0.251 e. The van der Waals surface area contributed by atoms with Crippen LogP contribution in [-0.2, 0) is 0 Å². The predicted molar refractivity (Wildman–Crippen MR) is 105 cm³/mol. The van der Waals surface area contributed by atoms with Crippen LogP contribution in [0.4, 0.5) is 0 Å². The van der Waals surface area contributed by atoms with Gasteiger partial charge in [0.05, 0.1) is 30.9 Å². The van der Waals surface area contributed by atoms with Gasteiger partial charge >= 0.3 is 0 Å². The third kappa shape index (κ3) is 5.75. The van der Waals surface area contributed by atoms with Crippen molar-refractivity contribution in [1.29, 1.82) is 5.26 Å². The molecule has 0 spiro atoms. The van der Waals surface area contributed by atoms with Gasteiger partial charge in [0.15, 0.2) is 11.5 Å². The molecule has 142 valence electrons. The molecule has 0 saturated carbocycles. The average Bonchev–Trinajstić information content (AvgIpc) is 2.70. The molecule has 0 unspecified atom stereocenters. The standard InChI is InChI=1S/C22H26N2O3/c1-4-11-26-20-10-9-18(14-21(20)27-12-5-2)16(3)24-22(25)19-8-6-7-17(13-19)15-23/h6-10,13-14,16H,4-5,11-12H2,1-3H3,(H,24,25)/t16-/m1/s1. The number of nitrogens with zero attached hydrogens (tertiary/aromatic N) is 1. The zero-order valence-corrected chi connectivity index (χ0v) is 16.1. The van der Waals surface area contributed by atoms with Crippen molar-refractivity contribution in [2.75, 3.05) is 13.2 Å². The molecule has 0 aliphatic carbocycles. The van der Waals surface area contributed by atoms with E-state index in [1.165, 1.54) is 0 Å². The van der Waals surface area contributed by atoms with Gasteiger partial charge in [-0.25, -0.2) is 0 Å². The van der Waals surface area contributed by atoms with E-state index in [2.05, 4.69) is 19.2 Å². The van der Waals surface area contributed by atoms with E-state index in [-0.39, 0.29) is 11.9 Å². The highest BCUT2D eigenvalue weighted by Crippen LogP contribution is 2.31. The topological polar surface area (TPSA) is 71.3 Å². The minimum atomic E-state index is -0.220. The summed E-state index contributed by atoms with van der Waals surface area (Å²) in [5, 5.41) is 12.0. The summed E-state index contributed by atoms with van der Waals surface area (Å²) in [6.07, 6.45) is 1.82. The Morgan fingerprint density at radius 3 is 2.44 bits per heavy atom. The van der Waals surface area contributed by atoms with Crippen LogP contribution in [0.15, 0.2) is 42.5 Å². The number of carbonyl (C=O) groups excluding carboxylic acids is 1. The van der Waals surface area contributed by atoms with E-state index >= 15 is 0 Å². The van der Waals surface area contributed by atoms with E-state index in [0.717, 1.165) is 18.4 Å². The molecule has 0 saturated heterocycles. The zero-order valence-electron chi connectivity index (χ0n) is 16.1. The lowest BCUT2D eigenvalue weighted by atomic mass is 10.1. The second-order valence-electron chi connectivity index (χ2n) is 6.29. The normalized spacial score (nSPS) is 11.3. The van der Waals surface area contributed by atoms with E-state index < -0.39 is 0 Å². The maximum atomic E-state index is 12.5. The van der Waals surface area contributed by atoms with Crippen LogP contribution >= 0.6 is 0 Å². The SMILES string of the molecule is CCCOc1ccc([C@@H](C)NC(=O)c2cccc(C#N)c2)cc1OCCC. The van der Waals surface area contributed by atoms with Crippen molar-refractivity contribution in [3.63, 3.8) is 0 Å². The Hall–Kier alpha value is -3.00. The third-order valence-electron chi connectivity index (χ3n) is 3.99. The first-order valence-electron chi connectivity index (χ1n) is 9.29. The number of nitrogens with one attached hydrogen (secondary N) is 1. The van der Waals surface area contributed by atoms with Gasteiger partial charge in [0.1, 0.15) is 0 Å². The van der Waals surface area contributed by atoms with Crippen molar-refractivity contribution in [3.05, 3.63) is 59.2 Å². The van der Waals surface area contributed by atoms with Gasteiger partial charge in [-0.3, -0.25) is 4.79 Å². The third-order valence-corrected chi connectivity index (χ3v) is 3.99. The molecule has 0 bridgehead atoms. The Bertz CT molecular complexity index is 811. The van der Waals surface area contributed by atoms with Crippen LogP contribution in [-0.4, -0.2) is 19.1 Å². The summed E-state index contributed by atoms with van der Waals surface area (Å²) in [6.45, 7) is 7.25. The molecule has 0 fully saturated rings. The Kier molecular flexibility index (Phi) is 7.69. The van der Waals surface area contributed by atoms with E-state index in [1.807, 2.05) is 31.2 Å². The second-order valence-corrected chi connectivity index (χ2v) is 6.29. The number of ether oxygens (including phenoxy) is 2. The molecule has 1 atom stereocenters. The average molecular weight is 366 g/mol. The molecule has 1 N–H and O–H groups in total. The summed E-state index contributed by atoms with van der Waals surface area (Å²) in [4.78, 5) is 12.5. The van der Waals surface area contributed by atoms with Crippen molar-refractivity contribution in [2.24, 2.45) is 0 Å². The Morgan fingerprint density at radius 1 is 1.07 bits per heavy atom. The molecule has 27 heavy (non-hydrogen) atoms. The first-order chi connectivity index (χ1) is 13.1. The molecule has 2 aromatic carbocycles. The number of hydrogen-bond donors (Lipinski definition) is 1. The number of nitriles is 1. The molecule has 0 aliphatic rings. The fraction of sp³-hybridized carbons (Fsp3) is 0.364. The van der Waals surface area contributed by atoms with Crippen LogP contribution in [0.2, 0.25) is 0 Å². The van der Waals surface area contributed by atoms with Gasteiger partial charge < -0.3 is 14.8 Å². The van der Waals surface area contributed by atoms with E-state index in [9.17, 15) is 4.79 Å². The molecular weight excluding hydrogens is 340 g/mol. The van der Waals surface area contributed by atoms with Crippen LogP contribution in [0.1, 0.15) is 61.1 Å². The predicted octanol–water partition coefficient (Wildman–Crippen LogP) is 4.63. The van der Waals surface area contributed by atoms with Crippen LogP contribution < -0.4 is 14.8 Å². The molecule has 2 aromatic rings. The number of benzene rings is 2. The minimum absolute atomic E-state index is 0.215. The zero-order chi connectivity index (χ0) is 19.6. The molecular formula is C22H26N2O3. The lowest BCUT2D eigenvalue weighted by Gasteiger charge is -2.18. The van der Waals surface area contributed by atoms with Crippen LogP contribution in [0, 0.1) is 11.3 Å². The van der Waals surface area contributed by atoms with Crippen LogP contribution in [0.25, 0.3) is 0 Å². The highest BCUT2D eigenvalue weighted by Gasteiger charge is 2.15. The molecule has 0 radical (unpaired) electrons. The van der Waals surface area contributed by atoms with Gasteiger partial charge in [0.2, 0.25) is 0 Å². The lowest BCUT2D eigenvalue weighted by Crippen LogP contribution is -2.26. The first kappa shape index (κ1) is 20.3. The lowest BCUT2D eigenvalue weighted by molar-refractivity contribution is 0.0939. The summed E-state index contributed by atoms with van der Waals surface area (Å²) < 4.78 is 11.6. The van der Waals surface area contributed by atoms with Crippen molar-refractivity contribution in [1.82, 2.24) is 5.32 Å². The summed E-state index contributed by atoms with van der Waals surface area (Å²) in [7, 11) is 0. The highest BCUT2D eigenvalue weighted by molar-refractivity contribution is 5.94. The molecule has 5 heteroatoms. The fourth-order valence-electron chi connectivity index (χ4n) is 2.54. The maximum absolute atomic E-state index is 12.5. The molecule has 2 rings (SSSR count). The van der Waals surface area contributed by atoms with Gasteiger partial charge in [-0.15, -0.1) is 0 Å². The van der Waals surface area contributed by atoms with Gasteiger partial charge in [0, 0.05) is 5.56 Å². The van der Waals surface area contributed by atoms with Crippen molar-refractivity contribution in [3.8, 4) is 17.6 Å². The van der Waals surface area contributed by atoms with Gasteiger partial charge in [-0.05, 0) is 55.7 Å². The van der Waals surface area contributed by atoms with Gasteiger partial charge in [-0.1, -0.05) is 26.0 Å². The van der Waals surface area contributed by atoms with Gasteiger partial charge in [0.25, 0.3) is 5.91 Å². The summed E-state index contributed by atoms with van der Waals surface area (Å²) in [5.41, 5.74) is 1.85. The van der Waals surface area contributed by atoms with E-state index in [0.29, 0.717) is 35.8 Å². The van der Waals surface area contributed by atoms with E-state index in [4.69, 9.17) is 14.7 Å². The van der Waals surface area contributed by atoms with Crippen molar-refractivity contribution >= 4 is 5.91 Å². The molecule has 0 aliphatic heterocycles. The Balaban J connectivity index is 2.15. The van der Waals surface area contributed by atoms with Crippen LogP contribution in [0.5, 0.6) is 11.5 Å². The molecule has 0 heterocycles. The molecule has 0 aromatic heterocycles. The number of hydrogen-bond acceptors (Lipinski definition) is 4. The van der Waals surface area contributed by atoms with E-state index in [1.54, 1.807) is 24.3 Å². The Labute approximate surface area is 160 Å². The second kappa shape index (κ2) is 10.2. The monoisotopic (exact) mass is 366 g/mol. The summed E-state index contributed by atoms with van der Waals surface area (Å²) in [5.74, 6) is 1.19. The van der Waals surface area contributed by atoms with Gasteiger partial charge in [-0.2, -0.15) is 5.26 Å². The highest BCUT2D eigenvalue weighted by atomic mass is 16.5. The number of rotatable bonds is 9. The maximum Gasteiger partial charge on any atom is 0.251 e. The molecule has 5 nitrogen and oxygen atoms in total. The fourth-order valence-corrected chi connectivity index (χ4v) is 2.54. The largest absolute Gasteiger partial charge is 0.490 e. The summed E-state index contributed by atoms with van der Waals surface area (Å²) in [6, 6.07) is 14.2.